The topological polar surface area (TPSA) is 34.9 Å². The monoisotopic (exact) mass is 722 g/mol. The minimum absolute atomic E-state index is 0.744. The molecule has 0 spiro atoms. The van der Waals surface area contributed by atoms with E-state index in [2.05, 4.69) is 151 Å². The van der Waals surface area contributed by atoms with Crippen molar-refractivity contribution in [1.29, 1.82) is 0 Å². The second-order valence-corrected chi connectivity index (χ2v) is 17.2. The van der Waals surface area contributed by atoms with E-state index in [1.54, 1.807) is 0 Å². The second-order valence-electron chi connectivity index (χ2n) is 14.5. The molecule has 0 aliphatic carbocycles. The van der Waals surface area contributed by atoms with Gasteiger partial charge in [-0.25, -0.2) is 4.98 Å². The van der Waals surface area contributed by atoms with Crippen LogP contribution in [0.1, 0.15) is 12.7 Å². The van der Waals surface area contributed by atoms with E-state index in [-0.39, 0.29) is 0 Å². The molecule has 1 aliphatic heterocycles. The van der Waals surface area contributed by atoms with Gasteiger partial charge in [-0.1, -0.05) is 159 Å². The minimum Gasteiger partial charge on any atom is -0.308 e. The summed E-state index contributed by atoms with van der Waals surface area (Å²) in [4.78, 5) is 5.15. The van der Waals surface area contributed by atoms with Crippen molar-refractivity contribution >= 4 is 66.4 Å². The Bertz CT molecular complexity index is 3220. The lowest BCUT2D eigenvalue weighted by molar-refractivity contribution is 0.592. The third kappa shape index (κ3) is 4.64. The van der Waals surface area contributed by atoms with Crippen molar-refractivity contribution in [3.05, 3.63) is 188 Å². The van der Waals surface area contributed by atoms with Crippen molar-refractivity contribution in [2.24, 2.45) is 0 Å². The number of aromatic nitrogens is 2. The highest BCUT2D eigenvalue weighted by Gasteiger charge is 2.40. The second kappa shape index (κ2) is 12.2. The normalized spacial score (nSPS) is 14.9. The lowest BCUT2D eigenvalue weighted by atomic mass is 9.84. The van der Waals surface area contributed by atoms with Gasteiger partial charge >= 0.3 is 0 Å². The van der Waals surface area contributed by atoms with Crippen molar-refractivity contribution in [2.75, 3.05) is 0 Å². The van der Waals surface area contributed by atoms with Crippen molar-refractivity contribution in [1.82, 2.24) is 9.55 Å². The summed E-state index contributed by atoms with van der Waals surface area (Å²) in [5.74, 6) is 0.963. The fraction of sp³-hybridized carbons (Fsp3) is 0.0392. The molecule has 4 heteroatoms. The molecule has 0 radical (unpaired) electrons. The van der Waals surface area contributed by atoms with E-state index in [0.717, 1.165) is 56.0 Å². The van der Waals surface area contributed by atoms with Crippen LogP contribution in [-0.2, 0) is 11.0 Å². The predicted octanol–water partition coefficient (Wildman–Crippen LogP) is 12.0. The zero-order valence-corrected chi connectivity index (χ0v) is 31.2. The van der Waals surface area contributed by atoms with Gasteiger partial charge in [0.05, 0.1) is 16.7 Å². The van der Waals surface area contributed by atoms with Crippen LogP contribution in [-0.4, -0.2) is 9.55 Å². The van der Waals surface area contributed by atoms with Gasteiger partial charge in [0.1, 0.15) is 5.82 Å². The molecule has 0 amide bonds. The van der Waals surface area contributed by atoms with E-state index in [1.165, 1.54) is 54.6 Å². The molecule has 11 rings (SSSR count). The average molecular weight is 723 g/mol. The van der Waals surface area contributed by atoms with Gasteiger partial charge in [-0.15, -0.1) is 0 Å². The summed E-state index contributed by atoms with van der Waals surface area (Å²) >= 11 is 0. The Morgan fingerprint density at radius 3 is 1.93 bits per heavy atom. The molecule has 0 fully saturated rings. The van der Waals surface area contributed by atoms with Crippen molar-refractivity contribution < 1.29 is 4.57 Å². The Balaban J connectivity index is 1.27. The number of para-hydroxylation sites is 2. The minimum atomic E-state index is -3.28. The Labute approximate surface area is 319 Å². The number of hydrogen-bond acceptors (Lipinski definition) is 2. The summed E-state index contributed by atoms with van der Waals surface area (Å²) in [5, 5.41) is 9.78. The molecule has 1 aromatic heterocycles. The molecule has 10 aromatic rings. The van der Waals surface area contributed by atoms with Crippen LogP contribution in [0.25, 0.3) is 82.4 Å². The molecule has 0 bridgehead atoms. The van der Waals surface area contributed by atoms with Gasteiger partial charge in [0, 0.05) is 27.9 Å². The standard InChI is InChI=1S/C51H35N2OP/c1-2-47-52-44-24-14-26-46-51(44)53(47)50-39(23-13-25-45(50)55(46,54)38-19-7-4-8-20-38)36-29-30-42-43(32-36)49(37-28-27-33-15-9-10-18-35(33)31-37)41-22-12-11-21-40(41)48(42)34-16-5-3-6-17-34/h3-32H,2H2,1H3. The van der Waals surface area contributed by atoms with Crippen LogP contribution in [0.2, 0.25) is 0 Å². The Morgan fingerprint density at radius 2 is 1.15 bits per heavy atom. The van der Waals surface area contributed by atoms with E-state index in [1.807, 2.05) is 42.5 Å². The summed E-state index contributed by atoms with van der Waals surface area (Å²) < 4.78 is 18.3. The van der Waals surface area contributed by atoms with Crippen LogP contribution >= 0.6 is 7.14 Å². The summed E-state index contributed by atoms with van der Waals surface area (Å²) in [6, 6.07) is 64.4. The molecule has 0 saturated carbocycles. The Hall–Kier alpha value is -6.54. The zero-order chi connectivity index (χ0) is 36.7. The summed E-state index contributed by atoms with van der Waals surface area (Å²) in [5.41, 5.74) is 9.70. The molecule has 9 aromatic carbocycles. The molecule has 1 unspecified atom stereocenters. The molecule has 1 atom stereocenters. The van der Waals surface area contributed by atoms with Crippen LogP contribution in [0.15, 0.2) is 182 Å². The highest BCUT2D eigenvalue weighted by atomic mass is 31.2. The van der Waals surface area contributed by atoms with E-state index in [4.69, 9.17) is 4.98 Å². The quantitative estimate of drug-likeness (QED) is 0.131. The number of aryl methyl sites for hydroxylation is 1. The molecule has 260 valence electrons. The lowest BCUT2D eigenvalue weighted by Gasteiger charge is -2.31. The summed E-state index contributed by atoms with van der Waals surface area (Å²) in [7, 11) is -3.28. The Kier molecular flexibility index (Phi) is 7.11. The van der Waals surface area contributed by atoms with Crippen molar-refractivity contribution in [3.8, 4) is 39.1 Å². The van der Waals surface area contributed by atoms with Crippen molar-refractivity contribution in [3.63, 3.8) is 0 Å². The maximum atomic E-state index is 16.0. The smallest absolute Gasteiger partial charge is 0.175 e. The first-order valence-electron chi connectivity index (χ1n) is 19.0. The molecule has 0 saturated heterocycles. The molecule has 3 nitrogen and oxygen atoms in total. The first kappa shape index (κ1) is 31.9. The van der Waals surface area contributed by atoms with Gasteiger partial charge in [-0.2, -0.15) is 0 Å². The van der Waals surface area contributed by atoms with Crippen LogP contribution in [0.4, 0.5) is 0 Å². The number of hydrogen-bond donors (Lipinski definition) is 0. The zero-order valence-electron chi connectivity index (χ0n) is 30.3. The number of imidazole rings is 1. The van der Waals surface area contributed by atoms with Gasteiger partial charge in [0.25, 0.3) is 0 Å². The molecule has 2 heterocycles. The highest BCUT2D eigenvalue weighted by molar-refractivity contribution is 7.86. The van der Waals surface area contributed by atoms with E-state index >= 15 is 4.57 Å². The third-order valence-corrected chi connectivity index (χ3v) is 14.6. The maximum Gasteiger partial charge on any atom is 0.175 e. The maximum absolute atomic E-state index is 16.0. The number of benzene rings is 9. The van der Waals surface area contributed by atoms with E-state index < -0.39 is 7.14 Å². The lowest BCUT2D eigenvalue weighted by Crippen LogP contribution is -2.33. The molecule has 0 N–H and O–H groups in total. The van der Waals surface area contributed by atoms with Crippen LogP contribution < -0.4 is 15.9 Å². The largest absolute Gasteiger partial charge is 0.308 e. The predicted molar refractivity (Wildman–Crippen MR) is 232 cm³/mol. The van der Waals surface area contributed by atoms with Gasteiger partial charge < -0.3 is 4.57 Å². The first-order valence-corrected chi connectivity index (χ1v) is 20.7. The van der Waals surface area contributed by atoms with Gasteiger partial charge in [-0.3, -0.25) is 4.57 Å². The van der Waals surface area contributed by atoms with Crippen molar-refractivity contribution in [2.45, 2.75) is 13.3 Å². The summed E-state index contributed by atoms with van der Waals surface area (Å²) in [6.07, 6.45) is 0.744. The highest BCUT2D eigenvalue weighted by Crippen LogP contribution is 2.52. The SMILES string of the molecule is CCc1nc2cccc3c2n1-c1c(-c2ccc4c(-c5ccccc5)c5ccccc5c(-c5ccc6ccccc6c5)c4c2)cccc1P3(=O)c1ccccc1. The fourth-order valence-electron chi connectivity index (χ4n) is 9.11. The number of fused-ring (bicyclic) bond motifs is 5. The third-order valence-electron chi connectivity index (χ3n) is 11.5. The molecular weight excluding hydrogens is 688 g/mol. The van der Waals surface area contributed by atoms with Crippen LogP contribution in [0.5, 0.6) is 0 Å². The molecule has 55 heavy (non-hydrogen) atoms. The summed E-state index contributed by atoms with van der Waals surface area (Å²) in [6.45, 7) is 2.15. The molecular formula is C51H35N2OP. The van der Waals surface area contributed by atoms with Gasteiger partial charge in [0.15, 0.2) is 7.14 Å². The average Bonchev–Trinajstić information content (AvgIpc) is 3.64. The van der Waals surface area contributed by atoms with Crippen LogP contribution in [0.3, 0.4) is 0 Å². The van der Waals surface area contributed by atoms with Gasteiger partial charge in [-0.05, 0) is 90.5 Å². The molecule has 1 aliphatic rings. The van der Waals surface area contributed by atoms with Crippen LogP contribution in [0, 0.1) is 0 Å². The van der Waals surface area contributed by atoms with E-state index in [0.29, 0.717) is 0 Å². The van der Waals surface area contributed by atoms with E-state index in [9.17, 15) is 0 Å². The van der Waals surface area contributed by atoms with Gasteiger partial charge in [0.2, 0.25) is 0 Å². The first-order chi connectivity index (χ1) is 27.1. The number of nitrogens with zero attached hydrogens (tertiary/aromatic N) is 2. The Morgan fingerprint density at radius 1 is 0.509 bits per heavy atom. The fourth-order valence-corrected chi connectivity index (χ4v) is 12.1. The number of rotatable bonds is 5.